The van der Waals surface area contributed by atoms with Crippen LogP contribution in [0.5, 0.6) is 0 Å². The standard InChI is InChI=1S/C23H17F4N5O4S/c24-15-1-3-18-13(7-15)8-20(36-18)37(34,35)32-22(5-6-22)19(33)4-2-16-9-17(31-12-30-16)14-10-28-21(29-11-14)23(25,26)27/h1,3,7-12,32H,2,4-6H2. The van der Waals surface area contributed by atoms with Crippen molar-refractivity contribution in [1.29, 1.82) is 0 Å². The fraction of sp³-hybridized carbons (Fsp3) is 0.261. The number of halogens is 4. The molecule has 5 rings (SSSR count). The fourth-order valence-electron chi connectivity index (χ4n) is 3.77. The van der Waals surface area contributed by atoms with E-state index in [2.05, 4.69) is 24.7 Å². The lowest BCUT2D eigenvalue weighted by molar-refractivity contribution is -0.145. The summed E-state index contributed by atoms with van der Waals surface area (Å²) in [5.74, 6) is -2.17. The van der Waals surface area contributed by atoms with Gasteiger partial charge in [-0.25, -0.2) is 32.7 Å². The summed E-state index contributed by atoms with van der Waals surface area (Å²) in [5.41, 5.74) is -0.151. The van der Waals surface area contributed by atoms with E-state index in [1.54, 1.807) is 0 Å². The first-order valence-electron chi connectivity index (χ1n) is 10.9. The molecule has 0 bridgehead atoms. The number of hydrogen-bond donors (Lipinski definition) is 1. The van der Waals surface area contributed by atoms with Crippen molar-refractivity contribution < 1.29 is 35.2 Å². The van der Waals surface area contributed by atoms with Crippen LogP contribution in [0.1, 0.15) is 30.8 Å². The fourth-order valence-corrected chi connectivity index (χ4v) is 5.19. The second-order valence-electron chi connectivity index (χ2n) is 8.55. The van der Waals surface area contributed by atoms with Crippen LogP contribution >= 0.6 is 0 Å². The largest absolute Gasteiger partial charge is 0.451 e. The number of alkyl halides is 3. The Labute approximate surface area is 207 Å². The highest BCUT2D eigenvalue weighted by molar-refractivity contribution is 7.89. The second-order valence-corrected chi connectivity index (χ2v) is 10.2. The number of hydrogen-bond acceptors (Lipinski definition) is 8. The Balaban J connectivity index is 1.26. The van der Waals surface area contributed by atoms with Gasteiger partial charge in [-0.2, -0.15) is 17.9 Å². The Hall–Kier alpha value is -3.78. The molecule has 0 radical (unpaired) electrons. The van der Waals surface area contributed by atoms with Gasteiger partial charge in [0.05, 0.1) is 11.2 Å². The summed E-state index contributed by atoms with van der Waals surface area (Å²) in [7, 11) is -4.19. The van der Waals surface area contributed by atoms with E-state index in [9.17, 15) is 30.8 Å². The van der Waals surface area contributed by atoms with Crippen LogP contribution in [0, 0.1) is 5.82 Å². The summed E-state index contributed by atoms with van der Waals surface area (Å²) in [6, 6.07) is 6.28. The van der Waals surface area contributed by atoms with Crippen molar-refractivity contribution in [3.63, 3.8) is 0 Å². The minimum Gasteiger partial charge on any atom is -0.443 e. The van der Waals surface area contributed by atoms with E-state index in [0.29, 0.717) is 18.5 Å². The molecule has 0 unspecified atom stereocenters. The molecule has 1 N–H and O–H groups in total. The summed E-state index contributed by atoms with van der Waals surface area (Å²) in [6.45, 7) is 0. The molecule has 3 heterocycles. The van der Waals surface area contributed by atoms with E-state index in [0.717, 1.165) is 24.5 Å². The molecule has 9 nitrogen and oxygen atoms in total. The number of rotatable bonds is 8. The molecule has 1 saturated carbocycles. The van der Waals surface area contributed by atoms with E-state index < -0.39 is 38.5 Å². The third kappa shape index (κ3) is 5.20. The lowest BCUT2D eigenvalue weighted by atomic mass is 10.0. The highest BCUT2D eigenvalue weighted by Crippen LogP contribution is 2.39. The van der Waals surface area contributed by atoms with Gasteiger partial charge in [0.1, 0.15) is 17.7 Å². The van der Waals surface area contributed by atoms with E-state index in [-0.39, 0.29) is 40.9 Å². The zero-order valence-electron chi connectivity index (χ0n) is 18.8. The number of furan rings is 1. The van der Waals surface area contributed by atoms with Gasteiger partial charge in [-0.15, -0.1) is 0 Å². The number of fused-ring (bicyclic) bond motifs is 1. The minimum atomic E-state index is -4.67. The van der Waals surface area contributed by atoms with Gasteiger partial charge in [0.15, 0.2) is 5.78 Å². The van der Waals surface area contributed by atoms with Gasteiger partial charge in [-0.05, 0) is 43.5 Å². The maximum Gasteiger partial charge on any atom is 0.451 e. The minimum absolute atomic E-state index is 0.0478. The molecule has 0 aliphatic heterocycles. The van der Waals surface area contributed by atoms with Crippen molar-refractivity contribution in [2.75, 3.05) is 0 Å². The van der Waals surface area contributed by atoms with Crippen molar-refractivity contribution >= 4 is 26.8 Å². The number of Topliss-reactive ketones (excluding diaryl/α,β-unsaturated/α-hetero) is 1. The average Bonchev–Trinajstić information content (AvgIpc) is 3.49. The van der Waals surface area contributed by atoms with E-state index in [4.69, 9.17) is 4.42 Å². The molecule has 1 aliphatic carbocycles. The van der Waals surface area contributed by atoms with Crippen molar-refractivity contribution in [3.8, 4) is 11.3 Å². The smallest absolute Gasteiger partial charge is 0.443 e. The summed E-state index contributed by atoms with van der Waals surface area (Å²) in [4.78, 5) is 27.6. The van der Waals surface area contributed by atoms with Gasteiger partial charge < -0.3 is 4.42 Å². The Morgan fingerprint density at radius 1 is 1.05 bits per heavy atom. The molecule has 0 spiro atoms. The first-order valence-corrected chi connectivity index (χ1v) is 12.4. The van der Waals surface area contributed by atoms with Crippen LogP contribution in [0.4, 0.5) is 17.6 Å². The van der Waals surface area contributed by atoms with E-state index >= 15 is 0 Å². The lowest BCUT2D eigenvalue weighted by Crippen LogP contribution is -2.43. The number of nitrogens with one attached hydrogen (secondary N) is 1. The molecule has 1 aromatic carbocycles. The maximum absolute atomic E-state index is 13.4. The van der Waals surface area contributed by atoms with Crippen LogP contribution in [-0.4, -0.2) is 39.7 Å². The quantitative estimate of drug-likeness (QED) is 0.337. The molecule has 4 aromatic rings. The number of carbonyl (C=O) groups is 1. The van der Waals surface area contributed by atoms with Crippen molar-refractivity contribution in [1.82, 2.24) is 24.7 Å². The molecule has 192 valence electrons. The van der Waals surface area contributed by atoms with E-state index in [1.807, 2.05) is 0 Å². The van der Waals surface area contributed by atoms with Crippen LogP contribution < -0.4 is 4.72 Å². The Bertz CT molecular complexity index is 1600. The number of aryl methyl sites for hydroxylation is 1. The normalized spacial score (nSPS) is 15.1. The number of aromatic nitrogens is 4. The molecule has 0 amide bonds. The lowest BCUT2D eigenvalue weighted by Gasteiger charge is -2.15. The van der Waals surface area contributed by atoms with Crippen LogP contribution in [0.3, 0.4) is 0 Å². The third-order valence-corrected chi connectivity index (χ3v) is 7.26. The molecular weight excluding hydrogens is 518 g/mol. The maximum atomic E-state index is 13.4. The molecule has 37 heavy (non-hydrogen) atoms. The second kappa shape index (κ2) is 8.95. The van der Waals surface area contributed by atoms with Crippen LogP contribution in [0.2, 0.25) is 0 Å². The van der Waals surface area contributed by atoms with E-state index in [1.165, 1.54) is 24.5 Å². The Morgan fingerprint density at radius 3 is 2.46 bits per heavy atom. The molecule has 3 aromatic heterocycles. The predicted molar refractivity (Wildman–Crippen MR) is 120 cm³/mol. The third-order valence-electron chi connectivity index (χ3n) is 5.87. The van der Waals surface area contributed by atoms with Gasteiger partial charge in [0.25, 0.3) is 10.0 Å². The predicted octanol–water partition coefficient (Wildman–Crippen LogP) is 3.85. The van der Waals surface area contributed by atoms with Crippen LogP contribution in [0.25, 0.3) is 22.2 Å². The summed E-state index contributed by atoms with van der Waals surface area (Å²) >= 11 is 0. The zero-order valence-corrected chi connectivity index (χ0v) is 19.6. The molecule has 1 aliphatic rings. The number of carbonyl (C=O) groups excluding carboxylic acids is 1. The molecule has 14 heteroatoms. The van der Waals surface area contributed by atoms with Crippen molar-refractivity contribution in [3.05, 3.63) is 66.4 Å². The first-order chi connectivity index (χ1) is 17.5. The number of ketones is 1. The molecule has 1 fully saturated rings. The van der Waals surface area contributed by atoms with Gasteiger partial charge in [-0.3, -0.25) is 4.79 Å². The number of nitrogens with zero attached hydrogens (tertiary/aromatic N) is 4. The summed E-state index contributed by atoms with van der Waals surface area (Å²) in [6.07, 6.45) is -0.779. The monoisotopic (exact) mass is 535 g/mol. The first kappa shape index (κ1) is 24.9. The molecule has 0 saturated heterocycles. The number of sulfonamides is 1. The Morgan fingerprint density at radius 2 is 1.78 bits per heavy atom. The van der Waals surface area contributed by atoms with Crippen LogP contribution in [-0.2, 0) is 27.4 Å². The SMILES string of the molecule is O=C(CCc1cc(-c2cnc(C(F)(F)F)nc2)ncn1)C1(NS(=O)(=O)c2cc3cc(F)ccc3o2)CC1. The van der Waals surface area contributed by atoms with Crippen LogP contribution in [0.15, 0.2) is 58.6 Å². The highest BCUT2D eigenvalue weighted by atomic mass is 32.2. The highest BCUT2D eigenvalue weighted by Gasteiger charge is 2.52. The van der Waals surface area contributed by atoms with Crippen molar-refractivity contribution in [2.45, 2.75) is 42.5 Å². The topological polar surface area (TPSA) is 128 Å². The van der Waals surface area contributed by atoms with Gasteiger partial charge in [-0.1, -0.05) is 0 Å². The summed E-state index contributed by atoms with van der Waals surface area (Å²) in [5, 5.41) is -0.152. The van der Waals surface area contributed by atoms with Gasteiger partial charge in [0, 0.05) is 41.5 Å². The Kier molecular flexibility index (Phi) is 6.02. The summed E-state index contributed by atoms with van der Waals surface area (Å²) < 4.78 is 84.9. The number of benzene rings is 1. The van der Waals surface area contributed by atoms with Crippen molar-refractivity contribution in [2.24, 2.45) is 0 Å². The molecular formula is C23H17F4N5O4S. The zero-order chi connectivity index (χ0) is 26.4. The molecule has 0 atom stereocenters. The average molecular weight is 535 g/mol. The van der Waals surface area contributed by atoms with Gasteiger partial charge in [0.2, 0.25) is 10.9 Å². The van der Waals surface area contributed by atoms with Gasteiger partial charge >= 0.3 is 6.18 Å².